The van der Waals surface area contributed by atoms with Crippen LogP contribution in [0.4, 0.5) is 0 Å². The van der Waals surface area contributed by atoms with Gasteiger partial charge in [0.2, 0.25) is 0 Å². The smallest absolute Gasteiger partial charge is 0.170 e. The SMILES string of the molecule is c1ccc(-n2nnnc2CN2CCC[C@H]2c2nc3ccccc3s2)cc1. The van der Waals surface area contributed by atoms with Gasteiger partial charge in [-0.25, -0.2) is 4.98 Å². The highest BCUT2D eigenvalue weighted by atomic mass is 32.1. The Morgan fingerprint density at radius 2 is 1.88 bits per heavy atom. The first kappa shape index (κ1) is 15.6. The monoisotopic (exact) mass is 362 g/mol. The van der Waals surface area contributed by atoms with Crippen molar-refractivity contribution >= 4 is 21.6 Å². The zero-order valence-corrected chi connectivity index (χ0v) is 15.0. The summed E-state index contributed by atoms with van der Waals surface area (Å²) in [6.45, 7) is 1.77. The van der Waals surface area contributed by atoms with E-state index in [1.807, 2.05) is 41.1 Å². The van der Waals surface area contributed by atoms with Crippen LogP contribution in [0.25, 0.3) is 15.9 Å². The summed E-state index contributed by atoms with van der Waals surface area (Å²) >= 11 is 1.80. The van der Waals surface area contributed by atoms with Gasteiger partial charge in [0.1, 0.15) is 5.01 Å². The third kappa shape index (κ3) is 2.79. The van der Waals surface area contributed by atoms with Crippen LogP contribution in [0.1, 0.15) is 29.7 Å². The second-order valence-corrected chi connectivity index (χ2v) is 7.55. The number of benzene rings is 2. The highest BCUT2D eigenvalue weighted by molar-refractivity contribution is 7.18. The van der Waals surface area contributed by atoms with Gasteiger partial charge in [0.25, 0.3) is 0 Å². The molecule has 1 fully saturated rings. The van der Waals surface area contributed by atoms with Crippen LogP contribution in [0.2, 0.25) is 0 Å². The fourth-order valence-electron chi connectivity index (χ4n) is 3.58. The van der Waals surface area contributed by atoms with Crippen molar-refractivity contribution in [3.05, 3.63) is 65.4 Å². The summed E-state index contributed by atoms with van der Waals surface area (Å²) in [7, 11) is 0. The van der Waals surface area contributed by atoms with Crippen molar-refractivity contribution in [1.29, 1.82) is 0 Å². The second kappa shape index (κ2) is 6.59. The highest BCUT2D eigenvalue weighted by Gasteiger charge is 2.30. The molecule has 1 atom stereocenters. The van der Waals surface area contributed by atoms with Gasteiger partial charge in [-0.15, -0.1) is 16.4 Å². The van der Waals surface area contributed by atoms with Gasteiger partial charge < -0.3 is 0 Å². The molecule has 0 saturated carbocycles. The Hall–Kier alpha value is -2.64. The van der Waals surface area contributed by atoms with Crippen molar-refractivity contribution in [2.24, 2.45) is 0 Å². The van der Waals surface area contributed by atoms with E-state index in [9.17, 15) is 0 Å². The first-order chi connectivity index (χ1) is 12.9. The molecule has 0 radical (unpaired) electrons. The van der Waals surface area contributed by atoms with E-state index in [1.165, 1.54) is 16.1 Å². The van der Waals surface area contributed by atoms with E-state index >= 15 is 0 Å². The van der Waals surface area contributed by atoms with E-state index in [0.29, 0.717) is 6.04 Å². The number of hydrogen-bond donors (Lipinski definition) is 0. The van der Waals surface area contributed by atoms with E-state index < -0.39 is 0 Å². The molecule has 0 spiro atoms. The summed E-state index contributed by atoms with van der Waals surface area (Å²) in [6.07, 6.45) is 2.31. The summed E-state index contributed by atoms with van der Waals surface area (Å²) in [5.41, 5.74) is 2.08. The third-order valence-electron chi connectivity index (χ3n) is 4.84. The summed E-state index contributed by atoms with van der Waals surface area (Å²) < 4.78 is 3.08. The van der Waals surface area contributed by atoms with E-state index in [4.69, 9.17) is 4.98 Å². The molecule has 1 saturated heterocycles. The number of tetrazole rings is 1. The van der Waals surface area contributed by atoms with Crippen LogP contribution < -0.4 is 0 Å². The number of para-hydroxylation sites is 2. The quantitative estimate of drug-likeness (QED) is 0.555. The molecule has 2 aromatic heterocycles. The summed E-state index contributed by atoms with van der Waals surface area (Å²) in [5, 5.41) is 13.5. The van der Waals surface area contributed by atoms with Gasteiger partial charge in [-0.2, -0.15) is 4.68 Å². The summed E-state index contributed by atoms with van der Waals surface area (Å²) in [5.74, 6) is 0.865. The van der Waals surface area contributed by atoms with E-state index in [2.05, 4.69) is 38.6 Å². The first-order valence-corrected chi connectivity index (χ1v) is 9.62. The van der Waals surface area contributed by atoms with Gasteiger partial charge in [0, 0.05) is 0 Å². The van der Waals surface area contributed by atoms with E-state index in [0.717, 1.165) is 36.5 Å². The Bertz CT molecular complexity index is 992. The normalized spacial score (nSPS) is 17.9. The molecule has 0 aliphatic carbocycles. The number of likely N-dealkylation sites (tertiary alicyclic amines) is 1. The molecule has 5 rings (SSSR count). The maximum Gasteiger partial charge on any atom is 0.170 e. The molecule has 4 aromatic rings. The molecular weight excluding hydrogens is 344 g/mol. The van der Waals surface area contributed by atoms with Crippen molar-refractivity contribution in [3.63, 3.8) is 0 Å². The van der Waals surface area contributed by atoms with Gasteiger partial charge in [-0.3, -0.25) is 4.90 Å². The van der Waals surface area contributed by atoms with E-state index in [1.54, 1.807) is 11.3 Å². The maximum absolute atomic E-state index is 4.87. The van der Waals surface area contributed by atoms with Gasteiger partial charge in [-0.05, 0) is 54.1 Å². The largest absolute Gasteiger partial charge is 0.286 e. The Kier molecular flexibility index (Phi) is 3.95. The molecule has 1 aliphatic heterocycles. The predicted octanol–water partition coefficient (Wildman–Crippen LogP) is 3.61. The molecule has 7 heteroatoms. The Balaban J connectivity index is 1.43. The standard InChI is InChI=1S/C19H18N6S/c1-2-7-14(8-3-1)25-18(21-22-23-25)13-24-12-6-10-16(24)19-20-15-9-4-5-11-17(15)26-19/h1-5,7-9,11,16H,6,10,12-13H2/t16-/m0/s1. The number of rotatable bonds is 4. The van der Waals surface area contributed by atoms with Gasteiger partial charge in [-0.1, -0.05) is 30.3 Å². The fraction of sp³-hybridized carbons (Fsp3) is 0.263. The number of aromatic nitrogens is 5. The lowest BCUT2D eigenvalue weighted by atomic mass is 10.2. The van der Waals surface area contributed by atoms with Gasteiger partial charge in [0.05, 0.1) is 28.5 Å². The highest BCUT2D eigenvalue weighted by Crippen LogP contribution is 2.37. The molecule has 0 N–H and O–H groups in total. The van der Waals surface area contributed by atoms with Crippen molar-refractivity contribution in [3.8, 4) is 5.69 Å². The zero-order chi connectivity index (χ0) is 17.3. The lowest BCUT2D eigenvalue weighted by Gasteiger charge is -2.21. The lowest BCUT2D eigenvalue weighted by molar-refractivity contribution is 0.240. The van der Waals surface area contributed by atoms with Gasteiger partial charge in [0.15, 0.2) is 5.82 Å². The molecule has 6 nitrogen and oxygen atoms in total. The molecule has 130 valence electrons. The minimum atomic E-state index is 0.341. The van der Waals surface area contributed by atoms with Crippen molar-refractivity contribution < 1.29 is 0 Å². The molecular formula is C19H18N6S. The third-order valence-corrected chi connectivity index (χ3v) is 5.98. The maximum atomic E-state index is 4.87. The van der Waals surface area contributed by atoms with Crippen LogP contribution in [0.5, 0.6) is 0 Å². The molecule has 0 unspecified atom stereocenters. The molecule has 3 heterocycles. The molecule has 0 bridgehead atoms. The van der Waals surface area contributed by atoms with Crippen LogP contribution >= 0.6 is 11.3 Å². The summed E-state index contributed by atoms with van der Waals surface area (Å²) in [4.78, 5) is 7.32. The minimum Gasteiger partial charge on any atom is -0.286 e. The first-order valence-electron chi connectivity index (χ1n) is 8.81. The Morgan fingerprint density at radius 1 is 1.04 bits per heavy atom. The van der Waals surface area contributed by atoms with Crippen molar-refractivity contribution in [2.75, 3.05) is 6.54 Å². The number of thiazole rings is 1. The Labute approximate surface area is 155 Å². The second-order valence-electron chi connectivity index (χ2n) is 6.49. The van der Waals surface area contributed by atoms with Gasteiger partial charge >= 0.3 is 0 Å². The van der Waals surface area contributed by atoms with Crippen LogP contribution in [-0.2, 0) is 6.54 Å². The fourth-order valence-corrected chi connectivity index (χ4v) is 4.72. The van der Waals surface area contributed by atoms with Crippen molar-refractivity contribution in [2.45, 2.75) is 25.4 Å². The molecule has 26 heavy (non-hydrogen) atoms. The Morgan fingerprint density at radius 3 is 2.77 bits per heavy atom. The molecule has 2 aromatic carbocycles. The average molecular weight is 362 g/mol. The molecule has 0 amide bonds. The summed E-state index contributed by atoms with van der Waals surface area (Å²) in [6, 6.07) is 18.7. The number of hydrogen-bond acceptors (Lipinski definition) is 6. The number of nitrogens with zero attached hydrogens (tertiary/aromatic N) is 6. The van der Waals surface area contributed by atoms with Crippen molar-refractivity contribution in [1.82, 2.24) is 30.1 Å². The van der Waals surface area contributed by atoms with Crippen LogP contribution in [0.15, 0.2) is 54.6 Å². The lowest BCUT2D eigenvalue weighted by Crippen LogP contribution is -2.24. The van der Waals surface area contributed by atoms with Crippen LogP contribution in [-0.4, -0.2) is 36.6 Å². The average Bonchev–Trinajstić information content (AvgIpc) is 3.41. The topological polar surface area (TPSA) is 59.7 Å². The van der Waals surface area contributed by atoms with Crippen LogP contribution in [0, 0.1) is 0 Å². The predicted molar refractivity (Wildman–Crippen MR) is 101 cm³/mol. The minimum absolute atomic E-state index is 0.341. The van der Waals surface area contributed by atoms with Crippen LogP contribution in [0.3, 0.4) is 0 Å². The number of fused-ring (bicyclic) bond motifs is 1. The van der Waals surface area contributed by atoms with E-state index in [-0.39, 0.29) is 0 Å². The molecule has 1 aliphatic rings. The zero-order valence-electron chi connectivity index (χ0n) is 14.2.